The number of rotatable bonds is 57. The molecule has 0 heterocycles. The number of hydrogen-bond acceptors (Lipinski definition) is 6. The fraction of sp³-hybridized carbons (Fsp3) is 0.587. The van der Waals surface area contributed by atoms with Gasteiger partial charge in [-0.1, -0.05) is 294 Å². The Kier molecular flexibility index (Phi) is 62.9. The Balaban J connectivity index is 4.61. The highest BCUT2D eigenvalue weighted by molar-refractivity contribution is 5.71. The zero-order chi connectivity index (χ0) is 58.5. The molecule has 6 nitrogen and oxygen atoms in total. The standard InChI is InChI=1S/C75H118O6/c1-4-7-10-13-16-19-22-25-28-31-33-35-37-39-41-44-47-50-53-56-59-62-65-68-74(77)80-71-72(70-79-73(76)67-64-61-58-55-52-49-46-43-30-27-24-21-18-15-12-9-6-3)81-75(78)69-66-63-60-57-54-51-48-45-42-40-38-36-34-32-29-26-23-20-17-14-11-8-5-2/h7-8,10-11,16-17,19-20,25-26,28-29,33-36,39-42,47-48,50-51,56-57,59-60,72H,4-6,9,12-15,18,21-24,27,30-32,37-38,43-46,49,52-55,58,61-71H2,1-3H3/b10-7-,11-8-,19-16-,20-17-,28-25-,29-26-,35-33-,36-34-,41-39-,42-40-,50-47-,51-48-,59-56-,60-57-. The van der Waals surface area contributed by atoms with Crippen LogP contribution in [0.25, 0.3) is 0 Å². The van der Waals surface area contributed by atoms with Gasteiger partial charge in [0.2, 0.25) is 0 Å². The first-order valence-electron chi connectivity index (χ1n) is 32.6. The van der Waals surface area contributed by atoms with Crippen molar-refractivity contribution in [3.63, 3.8) is 0 Å². The van der Waals surface area contributed by atoms with E-state index in [2.05, 4.69) is 191 Å². The van der Waals surface area contributed by atoms with Gasteiger partial charge in [0, 0.05) is 19.3 Å². The highest BCUT2D eigenvalue weighted by atomic mass is 16.6. The number of carbonyl (C=O) groups excluding carboxylic acids is 3. The Bertz CT molecular complexity index is 1860. The van der Waals surface area contributed by atoms with Crippen LogP contribution < -0.4 is 0 Å². The van der Waals surface area contributed by atoms with Gasteiger partial charge in [0.25, 0.3) is 0 Å². The molecular formula is C75H118O6. The molecule has 0 spiro atoms. The summed E-state index contributed by atoms with van der Waals surface area (Å²) in [7, 11) is 0. The average Bonchev–Trinajstić information content (AvgIpc) is 3.47. The summed E-state index contributed by atoms with van der Waals surface area (Å²) in [5.41, 5.74) is 0. The molecule has 81 heavy (non-hydrogen) atoms. The fourth-order valence-corrected chi connectivity index (χ4v) is 8.42. The SMILES string of the molecule is CC/C=C\C/C=C\C/C=C\C/C=C\C/C=C\C/C=C\C/C=C\CCCC(=O)OCC(COC(=O)CCCCCCCCCCCCCCCCCCC)OC(=O)CCC/C=C\C/C=C\C/C=C\C/C=C\C/C=C\C/C=C\C/C=C\CC. The maximum atomic E-state index is 12.9. The van der Waals surface area contributed by atoms with Gasteiger partial charge in [0.15, 0.2) is 6.10 Å². The molecule has 1 unspecified atom stereocenters. The summed E-state index contributed by atoms with van der Waals surface area (Å²) in [5, 5.41) is 0. The molecule has 0 bridgehead atoms. The van der Waals surface area contributed by atoms with Gasteiger partial charge in [0.05, 0.1) is 0 Å². The Morgan fingerprint density at radius 3 is 0.753 bits per heavy atom. The van der Waals surface area contributed by atoms with E-state index in [-0.39, 0.29) is 44.0 Å². The minimum absolute atomic E-state index is 0.125. The zero-order valence-electron chi connectivity index (χ0n) is 52.0. The summed E-state index contributed by atoms with van der Waals surface area (Å²) in [5.74, 6) is -1.05. The third-order valence-electron chi connectivity index (χ3n) is 13.2. The van der Waals surface area contributed by atoms with Crippen molar-refractivity contribution < 1.29 is 28.6 Å². The van der Waals surface area contributed by atoms with E-state index < -0.39 is 6.10 Å². The third kappa shape index (κ3) is 65.5. The molecule has 0 radical (unpaired) electrons. The molecule has 0 saturated heterocycles. The van der Waals surface area contributed by atoms with Gasteiger partial charge in [0.1, 0.15) is 13.2 Å². The monoisotopic (exact) mass is 1110 g/mol. The molecule has 6 heteroatoms. The second kappa shape index (κ2) is 67.3. The minimum atomic E-state index is -0.842. The predicted molar refractivity (Wildman–Crippen MR) is 352 cm³/mol. The number of unbranched alkanes of at least 4 members (excludes halogenated alkanes) is 18. The van der Waals surface area contributed by atoms with Gasteiger partial charge in [-0.2, -0.15) is 0 Å². The quantitative estimate of drug-likeness (QED) is 0.0261. The first-order chi connectivity index (χ1) is 40.0. The molecule has 0 aliphatic heterocycles. The van der Waals surface area contributed by atoms with Crippen LogP contribution in [0.15, 0.2) is 170 Å². The van der Waals surface area contributed by atoms with Gasteiger partial charge in [-0.15, -0.1) is 0 Å². The molecule has 0 aliphatic carbocycles. The number of esters is 3. The van der Waals surface area contributed by atoms with Crippen LogP contribution in [0.2, 0.25) is 0 Å². The molecule has 0 saturated carbocycles. The van der Waals surface area contributed by atoms with Gasteiger partial charge >= 0.3 is 17.9 Å². The first kappa shape index (κ1) is 75.8. The second-order valence-electron chi connectivity index (χ2n) is 20.9. The average molecular weight is 1120 g/mol. The van der Waals surface area contributed by atoms with E-state index in [9.17, 15) is 14.4 Å². The van der Waals surface area contributed by atoms with Crippen LogP contribution >= 0.6 is 0 Å². The van der Waals surface area contributed by atoms with Gasteiger partial charge in [-0.3, -0.25) is 14.4 Å². The maximum absolute atomic E-state index is 12.9. The van der Waals surface area contributed by atoms with Crippen molar-refractivity contribution in [2.45, 2.75) is 271 Å². The van der Waals surface area contributed by atoms with Crippen LogP contribution in [0.5, 0.6) is 0 Å². The molecule has 0 aromatic rings. The molecule has 0 N–H and O–H groups in total. The van der Waals surface area contributed by atoms with Crippen LogP contribution in [0.1, 0.15) is 265 Å². The molecule has 0 aromatic heterocycles. The van der Waals surface area contributed by atoms with Crippen LogP contribution in [-0.2, 0) is 28.6 Å². The number of allylic oxidation sites excluding steroid dienone is 28. The summed E-state index contributed by atoms with van der Waals surface area (Å²) in [4.78, 5) is 38.3. The van der Waals surface area contributed by atoms with Gasteiger partial charge in [-0.25, -0.2) is 0 Å². The van der Waals surface area contributed by atoms with E-state index in [0.717, 1.165) is 122 Å². The van der Waals surface area contributed by atoms with Crippen molar-refractivity contribution in [3.8, 4) is 0 Å². The van der Waals surface area contributed by atoms with Crippen molar-refractivity contribution in [2.75, 3.05) is 13.2 Å². The number of ether oxygens (including phenoxy) is 3. The fourth-order valence-electron chi connectivity index (χ4n) is 8.42. The molecular weight excluding hydrogens is 997 g/mol. The lowest BCUT2D eigenvalue weighted by Gasteiger charge is -2.18. The number of hydrogen-bond donors (Lipinski definition) is 0. The topological polar surface area (TPSA) is 78.9 Å². The van der Waals surface area contributed by atoms with Gasteiger partial charge in [-0.05, 0) is 122 Å². The molecule has 1 atom stereocenters. The van der Waals surface area contributed by atoms with Crippen molar-refractivity contribution >= 4 is 17.9 Å². The summed E-state index contributed by atoms with van der Waals surface area (Å²) in [6, 6.07) is 0. The van der Waals surface area contributed by atoms with Crippen molar-refractivity contribution in [1.29, 1.82) is 0 Å². The van der Waals surface area contributed by atoms with E-state index in [0.29, 0.717) is 19.3 Å². The predicted octanol–water partition coefficient (Wildman–Crippen LogP) is 22.7. The minimum Gasteiger partial charge on any atom is -0.462 e. The molecule has 0 fully saturated rings. The first-order valence-corrected chi connectivity index (χ1v) is 32.6. The maximum Gasteiger partial charge on any atom is 0.306 e. The van der Waals surface area contributed by atoms with E-state index in [1.165, 1.54) is 89.9 Å². The molecule has 0 amide bonds. The van der Waals surface area contributed by atoms with E-state index in [1.54, 1.807) is 0 Å². The number of carbonyl (C=O) groups is 3. The Hall–Kier alpha value is -5.23. The normalized spacial score (nSPS) is 13.3. The molecule has 0 aromatic carbocycles. The second-order valence-corrected chi connectivity index (χ2v) is 20.9. The molecule has 0 rings (SSSR count). The lowest BCUT2D eigenvalue weighted by molar-refractivity contribution is -0.167. The summed E-state index contributed by atoms with van der Waals surface area (Å²) >= 11 is 0. The van der Waals surface area contributed by atoms with Crippen LogP contribution in [-0.4, -0.2) is 37.2 Å². The Labute approximate surface area is 498 Å². The van der Waals surface area contributed by atoms with Crippen molar-refractivity contribution in [1.82, 2.24) is 0 Å². The van der Waals surface area contributed by atoms with Crippen molar-refractivity contribution in [3.05, 3.63) is 170 Å². The Morgan fingerprint density at radius 1 is 0.259 bits per heavy atom. The van der Waals surface area contributed by atoms with Crippen LogP contribution in [0.4, 0.5) is 0 Å². The zero-order valence-corrected chi connectivity index (χ0v) is 52.0. The molecule has 0 aliphatic rings. The smallest absolute Gasteiger partial charge is 0.306 e. The summed E-state index contributed by atoms with van der Waals surface area (Å²) < 4.78 is 16.8. The summed E-state index contributed by atoms with van der Waals surface area (Å²) in [6.07, 6.45) is 99.4. The van der Waals surface area contributed by atoms with Crippen LogP contribution in [0, 0.1) is 0 Å². The van der Waals surface area contributed by atoms with E-state index in [4.69, 9.17) is 14.2 Å². The third-order valence-corrected chi connectivity index (χ3v) is 13.2. The Morgan fingerprint density at radius 2 is 0.481 bits per heavy atom. The lowest BCUT2D eigenvalue weighted by atomic mass is 10.0. The highest BCUT2D eigenvalue weighted by Gasteiger charge is 2.19. The highest BCUT2D eigenvalue weighted by Crippen LogP contribution is 2.15. The van der Waals surface area contributed by atoms with Crippen molar-refractivity contribution in [2.24, 2.45) is 0 Å². The largest absolute Gasteiger partial charge is 0.462 e. The van der Waals surface area contributed by atoms with E-state index >= 15 is 0 Å². The lowest BCUT2D eigenvalue weighted by Crippen LogP contribution is -2.30. The van der Waals surface area contributed by atoms with E-state index in [1.807, 2.05) is 0 Å². The summed E-state index contributed by atoms with van der Waals surface area (Å²) in [6.45, 7) is 6.32. The van der Waals surface area contributed by atoms with Crippen LogP contribution in [0.3, 0.4) is 0 Å². The molecule has 454 valence electrons. The van der Waals surface area contributed by atoms with Gasteiger partial charge < -0.3 is 14.2 Å².